The van der Waals surface area contributed by atoms with Gasteiger partial charge >= 0.3 is 0 Å². The van der Waals surface area contributed by atoms with Crippen LogP contribution in [0.2, 0.25) is 0 Å². The van der Waals surface area contributed by atoms with Gasteiger partial charge in [-0.2, -0.15) is 0 Å². The third-order valence-electron chi connectivity index (χ3n) is 3.42. The first-order valence-electron chi connectivity index (χ1n) is 6.12. The van der Waals surface area contributed by atoms with Gasteiger partial charge in [-0.05, 0) is 12.1 Å². The van der Waals surface area contributed by atoms with E-state index < -0.39 is 29.9 Å². The summed E-state index contributed by atoms with van der Waals surface area (Å²) in [6.45, 7) is 0.298. The number of nitrogens with one attached hydrogen (secondary N) is 1. The van der Waals surface area contributed by atoms with Crippen molar-refractivity contribution in [1.29, 1.82) is 0 Å². The van der Waals surface area contributed by atoms with Crippen LogP contribution >= 0.6 is 11.6 Å². The zero-order chi connectivity index (χ0) is 13.4. The summed E-state index contributed by atoms with van der Waals surface area (Å²) < 4.78 is 10.7. The van der Waals surface area contributed by atoms with E-state index in [1.54, 1.807) is 24.3 Å². The second kappa shape index (κ2) is 5.09. The summed E-state index contributed by atoms with van der Waals surface area (Å²) in [6.07, 6.45) is -1.87. The van der Waals surface area contributed by atoms with E-state index in [9.17, 15) is 9.90 Å². The van der Waals surface area contributed by atoms with Crippen LogP contribution in [0.1, 0.15) is 10.4 Å². The number of halogens is 1. The first kappa shape index (κ1) is 12.9. The molecule has 0 radical (unpaired) electrons. The van der Waals surface area contributed by atoms with E-state index in [2.05, 4.69) is 5.32 Å². The Bertz CT molecular complexity index is 453. The minimum atomic E-state index is -0.867. The molecule has 0 saturated carbocycles. The number of amides is 1. The quantitative estimate of drug-likeness (QED) is 0.776. The zero-order valence-corrected chi connectivity index (χ0v) is 10.8. The molecule has 19 heavy (non-hydrogen) atoms. The van der Waals surface area contributed by atoms with Gasteiger partial charge in [-0.25, -0.2) is 0 Å². The van der Waals surface area contributed by atoms with Crippen LogP contribution in [0.5, 0.6) is 0 Å². The molecule has 1 aromatic rings. The van der Waals surface area contributed by atoms with Gasteiger partial charge in [0.2, 0.25) is 0 Å². The largest absolute Gasteiger partial charge is 0.388 e. The lowest BCUT2D eigenvalue weighted by atomic mass is 9.99. The molecule has 0 spiro atoms. The van der Waals surface area contributed by atoms with Gasteiger partial charge in [-0.3, -0.25) is 4.79 Å². The maximum atomic E-state index is 12.1. The fraction of sp³-hybridized carbons (Fsp3) is 0.462. The van der Waals surface area contributed by atoms with Crippen molar-refractivity contribution in [1.82, 2.24) is 5.32 Å². The Balaban J connectivity index is 1.74. The van der Waals surface area contributed by atoms with Crippen LogP contribution in [0.3, 0.4) is 0 Å². The molecule has 2 N–H and O–H groups in total. The van der Waals surface area contributed by atoms with Crippen molar-refractivity contribution in [3.8, 4) is 0 Å². The molecule has 0 unspecified atom stereocenters. The second-order valence-electron chi connectivity index (χ2n) is 4.68. The van der Waals surface area contributed by atoms with Gasteiger partial charge in [0, 0.05) is 5.56 Å². The van der Waals surface area contributed by atoms with Crippen LogP contribution in [-0.4, -0.2) is 47.5 Å². The molecule has 1 amide bonds. The van der Waals surface area contributed by atoms with E-state index in [-0.39, 0.29) is 5.91 Å². The Morgan fingerprint density at radius 1 is 1.37 bits per heavy atom. The Hall–Kier alpha value is -1.14. The maximum Gasteiger partial charge on any atom is 0.251 e. The highest BCUT2D eigenvalue weighted by Crippen LogP contribution is 2.31. The number of rotatable bonds is 2. The SMILES string of the molecule is O=C(N[C@@H]1[C@H](O)[C@H]2CO[C@H](O2)[C@H]1Cl)c1ccccc1. The Morgan fingerprint density at radius 2 is 2.11 bits per heavy atom. The van der Waals surface area contributed by atoms with E-state index in [0.717, 1.165) is 0 Å². The van der Waals surface area contributed by atoms with Crippen molar-refractivity contribution in [2.45, 2.75) is 29.9 Å². The third-order valence-corrected chi connectivity index (χ3v) is 3.90. The predicted octanol–water partition coefficient (Wildman–Crippen LogP) is 0.508. The molecule has 2 heterocycles. The average molecular weight is 284 g/mol. The molecule has 3 rings (SSSR count). The second-order valence-corrected chi connectivity index (χ2v) is 5.18. The Kier molecular flexibility index (Phi) is 3.45. The van der Waals surface area contributed by atoms with Crippen molar-refractivity contribution in [3.05, 3.63) is 35.9 Å². The van der Waals surface area contributed by atoms with Gasteiger partial charge in [-0.1, -0.05) is 18.2 Å². The predicted molar refractivity (Wildman–Crippen MR) is 68.0 cm³/mol. The molecule has 5 atom stereocenters. The van der Waals surface area contributed by atoms with Gasteiger partial charge in [-0.15, -0.1) is 11.6 Å². The number of carbonyl (C=O) groups is 1. The topological polar surface area (TPSA) is 67.8 Å². The molecule has 2 fully saturated rings. The van der Waals surface area contributed by atoms with Gasteiger partial charge in [0.15, 0.2) is 6.29 Å². The summed E-state index contributed by atoms with van der Waals surface area (Å²) in [5.41, 5.74) is 0.526. The van der Waals surface area contributed by atoms with Gasteiger partial charge in [0.05, 0.1) is 12.6 Å². The number of carbonyl (C=O) groups excluding carboxylic acids is 1. The van der Waals surface area contributed by atoms with Gasteiger partial charge < -0.3 is 19.9 Å². The van der Waals surface area contributed by atoms with Gasteiger partial charge in [0.25, 0.3) is 5.91 Å². The maximum absolute atomic E-state index is 12.1. The van der Waals surface area contributed by atoms with Crippen molar-refractivity contribution in [2.24, 2.45) is 0 Å². The molecule has 2 bridgehead atoms. The number of hydrogen-bond acceptors (Lipinski definition) is 4. The molecule has 102 valence electrons. The smallest absolute Gasteiger partial charge is 0.251 e. The first-order valence-corrected chi connectivity index (χ1v) is 6.55. The van der Waals surface area contributed by atoms with E-state index in [4.69, 9.17) is 21.1 Å². The summed E-state index contributed by atoms with van der Waals surface area (Å²) in [4.78, 5) is 12.1. The molecule has 2 aliphatic rings. The van der Waals surface area contributed by atoms with Crippen LogP contribution in [0.25, 0.3) is 0 Å². The molecule has 0 aromatic heterocycles. The summed E-state index contributed by atoms with van der Waals surface area (Å²) in [7, 11) is 0. The highest BCUT2D eigenvalue weighted by atomic mass is 35.5. The molecule has 2 saturated heterocycles. The number of fused-ring (bicyclic) bond motifs is 2. The number of hydrogen-bond donors (Lipinski definition) is 2. The van der Waals surface area contributed by atoms with E-state index in [0.29, 0.717) is 12.2 Å². The number of alkyl halides is 1. The fourth-order valence-electron chi connectivity index (χ4n) is 2.36. The van der Waals surface area contributed by atoms with Crippen LogP contribution in [0.4, 0.5) is 0 Å². The van der Waals surface area contributed by atoms with Crippen molar-refractivity contribution in [3.63, 3.8) is 0 Å². The monoisotopic (exact) mass is 283 g/mol. The summed E-state index contributed by atoms with van der Waals surface area (Å²) in [5, 5.41) is 12.3. The molecule has 5 nitrogen and oxygen atoms in total. The zero-order valence-electron chi connectivity index (χ0n) is 10.0. The van der Waals surface area contributed by atoms with Crippen LogP contribution in [0.15, 0.2) is 30.3 Å². The van der Waals surface area contributed by atoms with Crippen molar-refractivity contribution >= 4 is 17.5 Å². The molecular formula is C13H14ClNO4. The highest BCUT2D eigenvalue weighted by Gasteiger charge is 2.49. The summed E-state index contributed by atoms with van der Waals surface area (Å²) in [5.74, 6) is -0.267. The number of aliphatic hydroxyl groups is 1. The van der Waals surface area contributed by atoms with Crippen molar-refractivity contribution in [2.75, 3.05) is 6.61 Å². The number of ether oxygens (including phenoxy) is 2. The lowest BCUT2D eigenvalue weighted by Gasteiger charge is -2.35. The van der Waals surface area contributed by atoms with Gasteiger partial charge in [0.1, 0.15) is 17.6 Å². The Labute approximate surface area is 115 Å². The fourth-order valence-corrected chi connectivity index (χ4v) is 2.71. The average Bonchev–Trinajstić information content (AvgIpc) is 2.89. The molecule has 2 aliphatic heterocycles. The highest BCUT2D eigenvalue weighted by molar-refractivity contribution is 6.21. The molecule has 1 aromatic carbocycles. The molecule has 0 aliphatic carbocycles. The van der Waals surface area contributed by atoms with E-state index in [1.165, 1.54) is 0 Å². The van der Waals surface area contributed by atoms with Crippen LogP contribution < -0.4 is 5.32 Å². The molecular weight excluding hydrogens is 270 g/mol. The van der Waals surface area contributed by atoms with E-state index >= 15 is 0 Å². The summed E-state index contributed by atoms with van der Waals surface area (Å²) >= 11 is 6.18. The summed E-state index contributed by atoms with van der Waals surface area (Å²) in [6, 6.07) is 8.21. The van der Waals surface area contributed by atoms with Crippen LogP contribution in [0, 0.1) is 0 Å². The normalized spacial score (nSPS) is 37.1. The van der Waals surface area contributed by atoms with Crippen LogP contribution in [-0.2, 0) is 9.47 Å². The lowest BCUT2D eigenvalue weighted by molar-refractivity contribution is -0.127. The minimum Gasteiger partial charge on any atom is -0.388 e. The van der Waals surface area contributed by atoms with Crippen molar-refractivity contribution < 1.29 is 19.4 Å². The Morgan fingerprint density at radius 3 is 2.84 bits per heavy atom. The standard InChI is InChI=1S/C13H14ClNO4/c14-9-10(11(16)8-6-18-13(9)19-8)15-12(17)7-4-2-1-3-5-7/h1-5,8-11,13,16H,6H2,(H,15,17)/t8-,9+,10+,11-,13-/m1/s1. The minimum absolute atomic E-state index is 0.267. The lowest BCUT2D eigenvalue weighted by Crippen LogP contribution is -2.59. The van der Waals surface area contributed by atoms with E-state index in [1.807, 2.05) is 6.07 Å². The third kappa shape index (κ3) is 2.34. The first-order chi connectivity index (χ1) is 9.16. The number of benzene rings is 1. The molecule has 6 heteroatoms. The number of aliphatic hydroxyl groups excluding tert-OH is 1.